The Labute approximate surface area is 127 Å². The van der Waals surface area contributed by atoms with Crippen LogP contribution in [0.4, 0.5) is 0 Å². The Morgan fingerprint density at radius 1 is 1.33 bits per heavy atom. The van der Waals surface area contributed by atoms with Gasteiger partial charge in [-0.05, 0) is 33.2 Å². The molecular formula is C12H25N3O4S2. The van der Waals surface area contributed by atoms with E-state index in [4.69, 9.17) is 0 Å². The van der Waals surface area contributed by atoms with Crippen LogP contribution in [-0.4, -0.2) is 64.4 Å². The lowest BCUT2D eigenvalue weighted by molar-refractivity contribution is 0.242. The normalized spacial score (nSPS) is 34.1. The van der Waals surface area contributed by atoms with Gasteiger partial charge in [-0.2, -0.15) is 17.4 Å². The topological polar surface area (TPSA) is 95.6 Å². The second-order valence-corrected chi connectivity index (χ2v) is 10.1. The fourth-order valence-electron chi connectivity index (χ4n) is 3.19. The summed E-state index contributed by atoms with van der Waals surface area (Å²) in [6, 6.07) is -0.0668. The molecule has 9 heteroatoms. The second-order valence-electron chi connectivity index (χ2n) is 6.33. The van der Waals surface area contributed by atoms with Crippen LogP contribution in [0.1, 0.15) is 32.6 Å². The number of hydrogen-bond donors (Lipinski definition) is 2. The van der Waals surface area contributed by atoms with Gasteiger partial charge >= 0.3 is 0 Å². The minimum atomic E-state index is -3.67. The Hall–Kier alpha value is -0.220. The number of nitrogens with zero attached hydrogens (tertiary/aromatic N) is 1. The number of nitrogens with one attached hydrogen (secondary N) is 2. The average Bonchev–Trinajstić information content (AvgIpc) is 2.63. The maximum absolute atomic E-state index is 12.6. The van der Waals surface area contributed by atoms with Gasteiger partial charge in [-0.15, -0.1) is 0 Å². The van der Waals surface area contributed by atoms with Gasteiger partial charge in [0, 0.05) is 24.7 Å². The smallest absolute Gasteiger partial charge is 0.280 e. The van der Waals surface area contributed by atoms with Crippen LogP contribution in [0.25, 0.3) is 0 Å². The van der Waals surface area contributed by atoms with Crippen molar-refractivity contribution in [2.24, 2.45) is 0 Å². The van der Waals surface area contributed by atoms with Gasteiger partial charge in [-0.25, -0.2) is 8.42 Å². The third-order valence-electron chi connectivity index (χ3n) is 4.20. The summed E-state index contributed by atoms with van der Waals surface area (Å²) in [5, 5.41) is 3.03. The fourth-order valence-corrected chi connectivity index (χ4v) is 7.23. The van der Waals surface area contributed by atoms with E-state index in [1.165, 1.54) is 4.31 Å². The first-order chi connectivity index (χ1) is 9.68. The zero-order chi connectivity index (χ0) is 15.7. The number of piperidine rings is 1. The van der Waals surface area contributed by atoms with Crippen LogP contribution in [0.3, 0.4) is 0 Å². The maximum Gasteiger partial charge on any atom is 0.280 e. The zero-order valence-corrected chi connectivity index (χ0v) is 14.3. The van der Waals surface area contributed by atoms with E-state index < -0.39 is 25.6 Å². The number of hydrogen-bond acceptors (Lipinski definition) is 5. The van der Waals surface area contributed by atoms with Gasteiger partial charge in [0.15, 0.2) is 9.84 Å². The summed E-state index contributed by atoms with van der Waals surface area (Å²) in [6.45, 7) is 2.77. The Morgan fingerprint density at radius 3 is 2.62 bits per heavy atom. The largest absolute Gasteiger partial charge is 0.318 e. The summed E-state index contributed by atoms with van der Waals surface area (Å²) in [4.78, 5) is 0. The molecule has 0 aliphatic carbocycles. The molecule has 0 amide bonds. The van der Waals surface area contributed by atoms with E-state index >= 15 is 0 Å². The third-order valence-corrected chi connectivity index (χ3v) is 7.95. The Kier molecular flexibility index (Phi) is 4.99. The third kappa shape index (κ3) is 4.16. The number of sulfone groups is 1. The van der Waals surface area contributed by atoms with Crippen molar-refractivity contribution >= 4 is 20.0 Å². The van der Waals surface area contributed by atoms with Crippen molar-refractivity contribution < 1.29 is 16.8 Å². The van der Waals surface area contributed by atoms with Gasteiger partial charge < -0.3 is 5.32 Å². The molecule has 2 heterocycles. The second kappa shape index (κ2) is 6.11. The van der Waals surface area contributed by atoms with Crippen molar-refractivity contribution in [2.45, 2.75) is 44.2 Å². The Bertz CT molecular complexity index is 573. The van der Waals surface area contributed by atoms with Gasteiger partial charge in [0.25, 0.3) is 10.2 Å². The Morgan fingerprint density at radius 2 is 2.05 bits per heavy atom. The first-order valence-electron chi connectivity index (χ1n) is 7.33. The van der Waals surface area contributed by atoms with Crippen molar-refractivity contribution in [1.29, 1.82) is 0 Å². The van der Waals surface area contributed by atoms with Gasteiger partial charge in [0.1, 0.15) is 0 Å². The summed E-state index contributed by atoms with van der Waals surface area (Å²) in [5.41, 5.74) is -0.890. The van der Waals surface area contributed by atoms with E-state index in [1.54, 1.807) is 14.0 Å². The molecule has 2 aliphatic rings. The number of likely N-dealkylation sites (N-methyl/N-ethyl adjacent to an activating group) is 1. The molecule has 2 saturated heterocycles. The molecular weight excluding hydrogens is 314 g/mol. The minimum absolute atomic E-state index is 0.0476. The molecule has 2 aliphatic heterocycles. The highest BCUT2D eigenvalue weighted by Crippen LogP contribution is 2.26. The van der Waals surface area contributed by atoms with Crippen LogP contribution in [0.5, 0.6) is 0 Å². The highest BCUT2D eigenvalue weighted by Gasteiger charge is 2.43. The molecule has 7 nitrogen and oxygen atoms in total. The van der Waals surface area contributed by atoms with Crippen LogP contribution in [0.2, 0.25) is 0 Å². The van der Waals surface area contributed by atoms with Crippen molar-refractivity contribution in [1.82, 2.24) is 14.3 Å². The van der Waals surface area contributed by atoms with Gasteiger partial charge in [0.05, 0.1) is 11.5 Å². The lowest BCUT2D eigenvalue weighted by Crippen LogP contribution is -2.57. The van der Waals surface area contributed by atoms with E-state index in [1.807, 2.05) is 0 Å². The summed E-state index contributed by atoms with van der Waals surface area (Å²) >= 11 is 0. The van der Waals surface area contributed by atoms with E-state index in [9.17, 15) is 16.8 Å². The molecule has 0 spiro atoms. The summed E-state index contributed by atoms with van der Waals surface area (Å²) < 4.78 is 52.6. The molecule has 2 N–H and O–H groups in total. The van der Waals surface area contributed by atoms with Crippen molar-refractivity contribution in [3.05, 3.63) is 0 Å². The minimum Gasteiger partial charge on any atom is -0.318 e. The predicted molar refractivity (Wildman–Crippen MR) is 82.0 cm³/mol. The monoisotopic (exact) mass is 339 g/mol. The van der Waals surface area contributed by atoms with E-state index in [-0.39, 0.29) is 17.5 Å². The average molecular weight is 339 g/mol. The molecule has 21 heavy (non-hydrogen) atoms. The first-order valence-corrected chi connectivity index (χ1v) is 10.6. The van der Waals surface area contributed by atoms with E-state index in [2.05, 4.69) is 10.0 Å². The lowest BCUT2D eigenvalue weighted by Gasteiger charge is -2.37. The SMILES string of the molecule is CNCC1CCCCN1S(=O)(=O)NC1(C)CCS(=O)(=O)C1. The molecule has 0 bridgehead atoms. The highest BCUT2D eigenvalue weighted by molar-refractivity contribution is 7.92. The van der Waals surface area contributed by atoms with Gasteiger partial charge in [-0.3, -0.25) is 0 Å². The molecule has 0 aromatic carbocycles. The molecule has 0 aromatic heterocycles. The zero-order valence-electron chi connectivity index (χ0n) is 12.6. The van der Waals surface area contributed by atoms with Crippen molar-refractivity contribution in [2.75, 3.05) is 31.6 Å². The molecule has 2 atom stereocenters. The molecule has 0 aromatic rings. The Balaban J connectivity index is 2.13. The molecule has 124 valence electrons. The quantitative estimate of drug-likeness (QED) is 0.702. The summed E-state index contributed by atoms with van der Waals surface area (Å²) in [7, 11) is -5.00. The molecule has 2 unspecified atom stereocenters. The van der Waals surface area contributed by atoms with Crippen LogP contribution in [-0.2, 0) is 20.0 Å². The first kappa shape index (κ1) is 17.1. The fraction of sp³-hybridized carbons (Fsp3) is 1.00. The van der Waals surface area contributed by atoms with Crippen molar-refractivity contribution in [3.8, 4) is 0 Å². The van der Waals surface area contributed by atoms with Crippen molar-refractivity contribution in [3.63, 3.8) is 0 Å². The van der Waals surface area contributed by atoms with Crippen LogP contribution < -0.4 is 10.0 Å². The van der Waals surface area contributed by atoms with E-state index in [0.717, 1.165) is 19.3 Å². The van der Waals surface area contributed by atoms with Crippen LogP contribution in [0.15, 0.2) is 0 Å². The van der Waals surface area contributed by atoms with Crippen LogP contribution in [0, 0.1) is 0 Å². The maximum atomic E-state index is 12.6. The summed E-state index contributed by atoms with van der Waals surface area (Å²) in [6.07, 6.45) is 3.02. The molecule has 0 radical (unpaired) electrons. The number of rotatable bonds is 5. The van der Waals surface area contributed by atoms with Crippen LogP contribution >= 0.6 is 0 Å². The summed E-state index contributed by atoms with van der Waals surface area (Å²) in [5.74, 6) is -0.0737. The van der Waals surface area contributed by atoms with Gasteiger partial charge in [-0.1, -0.05) is 6.42 Å². The molecule has 0 saturated carbocycles. The predicted octanol–water partition coefficient (Wildman–Crippen LogP) is -0.528. The molecule has 2 rings (SSSR count). The highest BCUT2D eigenvalue weighted by atomic mass is 32.2. The standard InChI is InChI=1S/C12H25N3O4S2/c1-12(6-8-20(16,17)10-12)14-21(18,19)15-7-4-3-5-11(15)9-13-2/h11,13-14H,3-10H2,1-2H3. The lowest BCUT2D eigenvalue weighted by atomic mass is 10.0. The van der Waals surface area contributed by atoms with Gasteiger partial charge in [0.2, 0.25) is 0 Å². The molecule has 2 fully saturated rings. The van der Waals surface area contributed by atoms with E-state index in [0.29, 0.717) is 19.5 Å².